The monoisotopic (exact) mass is 481 g/mol. The molecule has 1 aromatic carbocycles. The van der Waals surface area contributed by atoms with Crippen molar-refractivity contribution in [3.8, 4) is 5.75 Å². The van der Waals surface area contributed by atoms with Crippen molar-refractivity contribution >= 4 is 51.8 Å². The molecule has 0 aliphatic carbocycles. The summed E-state index contributed by atoms with van der Waals surface area (Å²) < 4.78 is 10.2. The fourth-order valence-electron chi connectivity index (χ4n) is 3.06. The van der Waals surface area contributed by atoms with Crippen LogP contribution in [0, 0.1) is 0 Å². The highest BCUT2D eigenvalue weighted by molar-refractivity contribution is 7.13. The Morgan fingerprint density at radius 3 is 2.56 bits per heavy atom. The third-order valence-electron chi connectivity index (χ3n) is 4.64. The van der Waals surface area contributed by atoms with Gasteiger partial charge in [-0.2, -0.15) is 0 Å². The summed E-state index contributed by atoms with van der Waals surface area (Å²) >= 11 is 7.22. The summed E-state index contributed by atoms with van der Waals surface area (Å²) in [5.74, 6) is 0.209. The maximum absolute atomic E-state index is 12.5. The first kappa shape index (κ1) is 23.6. The summed E-state index contributed by atoms with van der Waals surface area (Å²) in [5, 5.41) is 8.07. The van der Waals surface area contributed by atoms with E-state index in [1.54, 1.807) is 40.3 Å². The van der Waals surface area contributed by atoms with Crippen molar-refractivity contribution < 1.29 is 23.9 Å². The van der Waals surface area contributed by atoms with Gasteiger partial charge in [0.25, 0.3) is 0 Å². The van der Waals surface area contributed by atoms with Gasteiger partial charge in [-0.1, -0.05) is 11.6 Å². The summed E-state index contributed by atoms with van der Waals surface area (Å²) in [6.07, 6.45) is -0.342. The molecule has 4 amide bonds. The molecule has 1 fully saturated rings. The van der Waals surface area contributed by atoms with Gasteiger partial charge < -0.3 is 24.6 Å². The number of anilines is 2. The zero-order valence-corrected chi connectivity index (χ0v) is 19.3. The Bertz CT molecular complexity index is 977. The average molecular weight is 482 g/mol. The van der Waals surface area contributed by atoms with Crippen molar-refractivity contribution in [1.29, 1.82) is 0 Å². The van der Waals surface area contributed by atoms with E-state index in [1.807, 2.05) is 0 Å². The Labute approximate surface area is 194 Å². The van der Waals surface area contributed by atoms with E-state index in [2.05, 4.69) is 15.6 Å². The van der Waals surface area contributed by atoms with Gasteiger partial charge in [-0.05, 0) is 25.1 Å². The molecule has 1 aliphatic rings. The first-order valence-corrected chi connectivity index (χ1v) is 11.2. The number of carbonyl (C=O) groups is 3. The van der Waals surface area contributed by atoms with Crippen molar-refractivity contribution in [2.75, 3.05) is 50.5 Å². The Morgan fingerprint density at radius 1 is 1.16 bits per heavy atom. The summed E-state index contributed by atoms with van der Waals surface area (Å²) in [6, 6.07) is 4.64. The average Bonchev–Trinajstić information content (AvgIpc) is 3.20. The van der Waals surface area contributed by atoms with Crippen LogP contribution in [0.4, 0.5) is 20.4 Å². The molecule has 0 saturated carbocycles. The number of rotatable bonds is 6. The highest BCUT2D eigenvalue weighted by Crippen LogP contribution is 2.28. The predicted octanol–water partition coefficient (Wildman–Crippen LogP) is 3.29. The molecule has 1 aliphatic heterocycles. The number of ether oxygens (including phenoxy) is 2. The van der Waals surface area contributed by atoms with Crippen LogP contribution in [0.3, 0.4) is 0 Å². The highest BCUT2D eigenvalue weighted by Gasteiger charge is 2.25. The van der Waals surface area contributed by atoms with Crippen LogP contribution in [0.5, 0.6) is 5.75 Å². The molecule has 12 heteroatoms. The molecule has 0 unspecified atom stereocenters. The number of urea groups is 1. The maximum atomic E-state index is 12.5. The van der Waals surface area contributed by atoms with Gasteiger partial charge in [0.1, 0.15) is 5.75 Å². The van der Waals surface area contributed by atoms with E-state index in [0.717, 1.165) is 0 Å². The van der Waals surface area contributed by atoms with Crippen LogP contribution in [0.2, 0.25) is 5.02 Å². The number of halogens is 1. The molecule has 1 saturated heterocycles. The number of carbonyl (C=O) groups excluding carboxylic acids is 3. The van der Waals surface area contributed by atoms with Crippen molar-refractivity contribution in [1.82, 2.24) is 14.8 Å². The summed E-state index contributed by atoms with van der Waals surface area (Å²) in [4.78, 5) is 44.1. The zero-order chi connectivity index (χ0) is 23.1. The number of methoxy groups -OCH3 is 1. The van der Waals surface area contributed by atoms with Crippen LogP contribution in [0.25, 0.3) is 0 Å². The molecular weight excluding hydrogens is 458 g/mol. The van der Waals surface area contributed by atoms with E-state index in [-0.39, 0.29) is 24.5 Å². The number of hydrogen-bond donors (Lipinski definition) is 2. The van der Waals surface area contributed by atoms with Crippen molar-refractivity contribution in [2.45, 2.75) is 13.3 Å². The lowest BCUT2D eigenvalue weighted by molar-refractivity contribution is -0.115. The first-order chi connectivity index (χ1) is 15.4. The molecule has 1 aromatic heterocycles. The molecule has 3 rings (SSSR count). The van der Waals surface area contributed by atoms with Crippen molar-refractivity contribution in [3.05, 3.63) is 34.3 Å². The van der Waals surface area contributed by atoms with Crippen molar-refractivity contribution in [3.63, 3.8) is 0 Å². The Balaban J connectivity index is 1.50. The summed E-state index contributed by atoms with van der Waals surface area (Å²) in [5.41, 5.74) is 0.992. The predicted molar refractivity (Wildman–Crippen MR) is 122 cm³/mol. The lowest BCUT2D eigenvalue weighted by atomic mass is 10.2. The minimum Gasteiger partial charge on any atom is -0.495 e. The van der Waals surface area contributed by atoms with Gasteiger partial charge in [0, 0.05) is 36.6 Å². The van der Waals surface area contributed by atoms with Crippen LogP contribution in [0.1, 0.15) is 12.6 Å². The van der Waals surface area contributed by atoms with E-state index >= 15 is 0 Å². The number of aromatic nitrogens is 1. The summed E-state index contributed by atoms with van der Waals surface area (Å²) in [6.45, 7) is 3.67. The number of hydrogen-bond acceptors (Lipinski definition) is 7. The number of piperazine rings is 1. The normalized spacial score (nSPS) is 13.5. The fraction of sp³-hybridized carbons (Fsp3) is 0.400. The van der Waals surface area contributed by atoms with Crippen LogP contribution in [-0.4, -0.2) is 72.7 Å². The maximum Gasteiger partial charge on any atom is 0.409 e. The van der Waals surface area contributed by atoms with Crippen molar-refractivity contribution in [2.24, 2.45) is 0 Å². The van der Waals surface area contributed by atoms with Crippen LogP contribution in [0.15, 0.2) is 23.6 Å². The third-order valence-corrected chi connectivity index (χ3v) is 5.68. The molecule has 0 atom stereocenters. The second kappa shape index (κ2) is 11.0. The van der Waals surface area contributed by atoms with E-state index < -0.39 is 0 Å². The fourth-order valence-corrected chi connectivity index (χ4v) is 3.93. The standard InChI is InChI=1S/C20H24ClN5O5S/c1-3-31-20(29)26-8-6-25(7-9-26)19(28)24-18-22-14(12-32-18)11-17(27)23-15-10-13(21)4-5-16(15)30-2/h4-5,10,12H,3,6-9,11H2,1-2H3,(H,23,27)(H,22,24,28). The number of nitrogens with one attached hydrogen (secondary N) is 2. The second-order valence-corrected chi connectivity index (χ2v) is 8.11. The van der Waals surface area contributed by atoms with Gasteiger partial charge in [-0.15, -0.1) is 11.3 Å². The molecule has 2 heterocycles. The molecule has 0 bridgehead atoms. The topological polar surface area (TPSA) is 113 Å². The Morgan fingerprint density at radius 2 is 1.88 bits per heavy atom. The third kappa shape index (κ3) is 6.24. The molecule has 2 N–H and O–H groups in total. The van der Waals surface area contributed by atoms with Gasteiger partial charge in [0.2, 0.25) is 5.91 Å². The van der Waals surface area contributed by atoms with E-state index in [9.17, 15) is 14.4 Å². The van der Waals surface area contributed by atoms with Gasteiger partial charge in [0.15, 0.2) is 5.13 Å². The minimum atomic E-state index is -0.370. The van der Waals surface area contributed by atoms with Crippen LogP contribution in [-0.2, 0) is 16.0 Å². The number of nitrogens with zero attached hydrogens (tertiary/aromatic N) is 3. The minimum absolute atomic E-state index is 0.0280. The van der Waals surface area contributed by atoms with Crippen LogP contribution >= 0.6 is 22.9 Å². The van der Waals surface area contributed by atoms with Gasteiger partial charge >= 0.3 is 12.1 Å². The SMILES string of the molecule is CCOC(=O)N1CCN(C(=O)Nc2nc(CC(=O)Nc3cc(Cl)ccc3OC)cs2)CC1. The molecule has 32 heavy (non-hydrogen) atoms. The smallest absolute Gasteiger partial charge is 0.409 e. The quantitative estimate of drug-likeness (QED) is 0.654. The number of thiazole rings is 1. The van der Waals surface area contributed by atoms with Gasteiger partial charge in [-0.3, -0.25) is 10.1 Å². The van der Waals surface area contributed by atoms with E-state index in [4.69, 9.17) is 21.1 Å². The molecule has 10 nitrogen and oxygen atoms in total. The molecule has 172 valence electrons. The van der Waals surface area contributed by atoms with Crippen LogP contribution < -0.4 is 15.4 Å². The highest BCUT2D eigenvalue weighted by atomic mass is 35.5. The summed E-state index contributed by atoms with van der Waals surface area (Å²) in [7, 11) is 1.50. The largest absolute Gasteiger partial charge is 0.495 e. The first-order valence-electron chi connectivity index (χ1n) is 9.95. The molecule has 0 spiro atoms. The number of benzene rings is 1. The Hall–Kier alpha value is -3.05. The molecular formula is C20H24ClN5O5S. The van der Waals surface area contributed by atoms with Gasteiger partial charge in [0.05, 0.1) is 31.5 Å². The lowest BCUT2D eigenvalue weighted by Crippen LogP contribution is -2.51. The van der Waals surface area contributed by atoms with E-state index in [0.29, 0.717) is 60.1 Å². The molecule has 0 radical (unpaired) electrons. The van der Waals surface area contributed by atoms with E-state index in [1.165, 1.54) is 18.4 Å². The lowest BCUT2D eigenvalue weighted by Gasteiger charge is -2.33. The second-order valence-electron chi connectivity index (χ2n) is 6.82. The van der Waals surface area contributed by atoms with Gasteiger partial charge in [-0.25, -0.2) is 14.6 Å². The number of amides is 4. The molecule has 2 aromatic rings. The zero-order valence-electron chi connectivity index (χ0n) is 17.7. The Kier molecular flexibility index (Phi) is 8.12.